The molecule has 1 aromatic rings. The third-order valence-corrected chi connectivity index (χ3v) is 2.53. The first kappa shape index (κ1) is 9.96. The summed E-state index contributed by atoms with van der Waals surface area (Å²) in [5.41, 5.74) is 0.901. The molecule has 0 unspecified atom stereocenters. The van der Waals surface area contributed by atoms with Crippen molar-refractivity contribution < 1.29 is 4.79 Å². The summed E-state index contributed by atoms with van der Waals surface area (Å²) < 4.78 is 0. The van der Waals surface area contributed by atoms with Crippen molar-refractivity contribution >= 4 is 17.4 Å². The second-order valence-corrected chi connectivity index (χ2v) is 3.63. The van der Waals surface area contributed by atoms with Crippen LogP contribution in [0.25, 0.3) is 0 Å². The van der Waals surface area contributed by atoms with E-state index in [0.29, 0.717) is 13.1 Å². The molecule has 0 aliphatic carbocycles. The summed E-state index contributed by atoms with van der Waals surface area (Å²) in [6.45, 7) is 2.64. The predicted octanol–water partition coefficient (Wildman–Crippen LogP) is 1.99. The molecule has 0 atom stereocenters. The number of pyridine rings is 1. The first-order valence-corrected chi connectivity index (χ1v) is 5.32. The number of carbonyl (C=O) groups excluding carboxylic acids is 1. The SMILES string of the molecule is CCCCC(=O)N1CNc2ncccc21. The lowest BCUT2D eigenvalue weighted by Gasteiger charge is -2.14. The van der Waals surface area contributed by atoms with Gasteiger partial charge in [0.15, 0.2) is 5.82 Å². The molecule has 1 N–H and O–H groups in total. The van der Waals surface area contributed by atoms with Gasteiger partial charge >= 0.3 is 0 Å². The fourth-order valence-electron chi connectivity index (χ4n) is 1.68. The van der Waals surface area contributed by atoms with Gasteiger partial charge in [0.05, 0.1) is 12.4 Å². The molecule has 1 aromatic heterocycles. The second kappa shape index (κ2) is 4.29. The zero-order valence-corrected chi connectivity index (χ0v) is 8.86. The highest BCUT2D eigenvalue weighted by molar-refractivity contribution is 5.98. The van der Waals surface area contributed by atoms with E-state index < -0.39 is 0 Å². The minimum absolute atomic E-state index is 0.177. The number of hydrogen-bond donors (Lipinski definition) is 1. The van der Waals surface area contributed by atoms with Gasteiger partial charge < -0.3 is 5.32 Å². The van der Waals surface area contributed by atoms with Crippen LogP contribution < -0.4 is 10.2 Å². The van der Waals surface area contributed by atoms with E-state index in [-0.39, 0.29) is 5.91 Å². The molecule has 1 aliphatic heterocycles. The number of nitrogens with one attached hydrogen (secondary N) is 1. The Morgan fingerprint density at radius 1 is 1.67 bits per heavy atom. The number of unbranched alkanes of at least 4 members (excludes halogenated alkanes) is 1. The molecule has 0 fully saturated rings. The highest BCUT2D eigenvalue weighted by atomic mass is 16.2. The van der Waals surface area contributed by atoms with Gasteiger partial charge in [0.1, 0.15) is 0 Å². The van der Waals surface area contributed by atoms with Gasteiger partial charge in [-0.05, 0) is 18.6 Å². The van der Waals surface area contributed by atoms with Gasteiger partial charge in [-0.1, -0.05) is 13.3 Å². The van der Waals surface area contributed by atoms with Gasteiger partial charge in [0, 0.05) is 12.6 Å². The Balaban J connectivity index is 2.10. The highest BCUT2D eigenvalue weighted by Crippen LogP contribution is 2.28. The van der Waals surface area contributed by atoms with Gasteiger partial charge in [0.25, 0.3) is 0 Å². The number of amides is 1. The van der Waals surface area contributed by atoms with Gasteiger partial charge in [0.2, 0.25) is 5.91 Å². The Bertz CT molecular complexity index is 365. The molecular weight excluding hydrogens is 190 g/mol. The number of hydrogen-bond acceptors (Lipinski definition) is 3. The number of rotatable bonds is 3. The van der Waals surface area contributed by atoms with Crippen LogP contribution >= 0.6 is 0 Å². The van der Waals surface area contributed by atoms with Crippen molar-refractivity contribution in [3.8, 4) is 0 Å². The van der Waals surface area contributed by atoms with Crippen molar-refractivity contribution in [2.24, 2.45) is 0 Å². The molecule has 0 saturated heterocycles. The number of carbonyl (C=O) groups is 1. The van der Waals surface area contributed by atoms with Gasteiger partial charge in [-0.25, -0.2) is 4.98 Å². The molecule has 1 amide bonds. The highest BCUT2D eigenvalue weighted by Gasteiger charge is 2.23. The molecule has 0 radical (unpaired) electrons. The molecule has 2 heterocycles. The third kappa shape index (κ3) is 1.93. The molecule has 0 aromatic carbocycles. The zero-order valence-electron chi connectivity index (χ0n) is 8.86. The number of aromatic nitrogens is 1. The Morgan fingerprint density at radius 3 is 3.33 bits per heavy atom. The molecule has 15 heavy (non-hydrogen) atoms. The van der Waals surface area contributed by atoms with Gasteiger partial charge in [-0.3, -0.25) is 9.69 Å². The van der Waals surface area contributed by atoms with Crippen LogP contribution in [0.4, 0.5) is 11.5 Å². The summed E-state index contributed by atoms with van der Waals surface area (Å²) in [4.78, 5) is 17.8. The first-order valence-electron chi connectivity index (χ1n) is 5.32. The summed E-state index contributed by atoms with van der Waals surface area (Å²) in [5, 5.41) is 3.10. The fourth-order valence-corrected chi connectivity index (χ4v) is 1.68. The molecule has 0 bridgehead atoms. The van der Waals surface area contributed by atoms with E-state index in [2.05, 4.69) is 17.2 Å². The summed E-state index contributed by atoms with van der Waals surface area (Å²) in [6.07, 6.45) is 4.34. The Morgan fingerprint density at radius 2 is 2.53 bits per heavy atom. The minimum Gasteiger partial charge on any atom is -0.350 e. The average molecular weight is 205 g/mol. The second-order valence-electron chi connectivity index (χ2n) is 3.63. The van der Waals surface area contributed by atoms with Crippen molar-refractivity contribution in [3.63, 3.8) is 0 Å². The smallest absolute Gasteiger partial charge is 0.228 e. The minimum atomic E-state index is 0.177. The molecular formula is C11H15N3O. The predicted molar refractivity (Wildman–Crippen MR) is 59.7 cm³/mol. The van der Waals surface area contributed by atoms with Crippen LogP contribution in [0.5, 0.6) is 0 Å². The Hall–Kier alpha value is -1.58. The van der Waals surface area contributed by atoms with Gasteiger partial charge in [-0.15, -0.1) is 0 Å². The van der Waals surface area contributed by atoms with E-state index in [9.17, 15) is 4.79 Å². The third-order valence-electron chi connectivity index (χ3n) is 2.53. The van der Waals surface area contributed by atoms with Crippen molar-refractivity contribution in [2.75, 3.05) is 16.9 Å². The molecule has 4 heteroatoms. The van der Waals surface area contributed by atoms with Crippen LogP contribution in [-0.4, -0.2) is 17.6 Å². The summed E-state index contributed by atoms with van der Waals surface area (Å²) in [7, 11) is 0. The Kier molecular flexibility index (Phi) is 2.85. The summed E-state index contributed by atoms with van der Waals surface area (Å²) >= 11 is 0. The largest absolute Gasteiger partial charge is 0.350 e. The maximum atomic E-state index is 11.8. The monoisotopic (exact) mass is 205 g/mol. The van der Waals surface area contributed by atoms with Crippen LogP contribution in [0.3, 0.4) is 0 Å². The first-order chi connectivity index (χ1) is 7.33. The van der Waals surface area contributed by atoms with Crippen molar-refractivity contribution in [1.82, 2.24) is 4.98 Å². The molecule has 0 saturated carbocycles. The summed E-state index contributed by atoms with van der Waals surface area (Å²) in [6, 6.07) is 3.78. The zero-order chi connectivity index (χ0) is 10.7. The quantitative estimate of drug-likeness (QED) is 0.820. The van der Waals surface area contributed by atoms with Crippen LogP contribution in [0.1, 0.15) is 26.2 Å². The van der Waals surface area contributed by atoms with Crippen LogP contribution in [0.2, 0.25) is 0 Å². The lowest BCUT2D eigenvalue weighted by molar-refractivity contribution is -0.118. The maximum absolute atomic E-state index is 11.8. The van der Waals surface area contributed by atoms with Crippen molar-refractivity contribution in [1.29, 1.82) is 0 Å². The van der Waals surface area contributed by atoms with Gasteiger partial charge in [-0.2, -0.15) is 0 Å². The van der Waals surface area contributed by atoms with E-state index in [4.69, 9.17) is 0 Å². The molecule has 4 nitrogen and oxygen atoms in total. The van der Waals surface area contributed by atoms with E-state index in [1.807, 2.05) is 12.1 Å². The molecule has 2 rings (SSSR count). The van der Waals surface area contributed by atoms with E-state index >= 15 is 0 Å². The maximum Gasteiger partial charge on any atom is 0.228 e. The van der Waals surface area contributed by atoms with Crippen LogP contribution in [0, 0.1) is 0 Å². The topological polar surface area (TPSA) is 45.2 Å². The van der Waals surface area contributed by atoms with Crippen molar-refractivity contribution in [3.05, 3.63) is 18.3 Å². The lowest BCUT2D eigenvalue weighted by atomic mass is 10.2. The lowest BCUT2D eigenvalue weighted by Crippen LogP contribution is -2.30. The van der Waals surface area contributed by atoms with Crippen LogP contribution in [0.15, 0.2) is 18.3 Å². The Labute approximate surface area is 89.3 Å². The molecule has 0 spiro atoms. The van der Waals surface area contributed by atoms with E-state index in [1.165, 1.54) is 0 Å². The number of nitrogens with zero attached hydrogens (tertiary/aromatic N) is 2. The van der Waals surface area contributed by atoms with Crippen molar-refractivity contribution in [2.45, 2.75) is 26.2 Å². The summed E-state index contributed by atoms with van der Waals surface area (Å²) in [5.74, 6) is 0.985. The molecule has 1 aliphatic rings. The van der Waals surface area contributed by atoms with E-state index in [0.717, 1.165) is 24.3 Å². The standard InChI is InChI=1S/C11H15N3O/c1-2-3-6-10(15)14-8-13-11-9(14)5-4-7-12-11/h4-5,7H,2-3,6,8H2,1H3,(H,12,13). The fraction of sp³-hybridized carbons (Fsp3) is 0.455. The normalized spacial score (nSPS) is 13.5. The molecule has 80 valence electrons. The average Bonchev–Trinajstić information content (AvgIpc) is 2.69. The number of fused-ring (bicyclic) bond motifs is 1. The van der Waals surface area contributed by atoms with E-state index in [1.54, 1.807) is 11.1 Å². The van der Waals surface area contributed by atoms with Crippen LogP contribution in [-0.2, 0) is 4.79 Å². The number of anilines is 2.